The Morgan fingerprint density at radius 2 is 2.20 bits per heavy atom. The standard InChI is InChI=1S/C15H24N4O/c1-4-16-14-9-8-13(17-18-14)15(20)19(3)12-7-5-6-11(2)10-12/h8-9,11-12H,4-7,10H2,1-3H3,(H,16,18). The lowest BCUT2D eigenvalue weighted by Crippen LogP contribution is -2.40. The molecule has 5 nitrogen and oxygen atoms in total. The molecule has 1 N–H and O–H groups in total. The van der Waals surface area contributed by atoms with E-state index in [0.29, 0.717) is 23.5 Å². The van der Waals surface area contributed by atoms with Crippen molar-refractivity contribution in [3.8, 4) is 0 Å². The first-order valence-corrected chi connectivity index (χ1v) is 7.46. The Kier molecular flexibility index (Phi) is 4.93. The van der Waals surface area contributed by atoms with Gasteiger partial charge in [0.05, 0.1) is 0 Å². The molecule has 1 aliphatic rings. The van der Waals surface area contributed by atoms with E-state index in [1.807, 2.05) is 18.9 Å². The molecule has 110 valence electrons. The van der Waals surface area contributed by atoms with Crippen LogP contribution in [-0.4, -0.2) is 40.6 Å². The van der Waals surface area contributed by atoms with Crippen LogP contribution in [0.3, 0.4) is 0 Å². The fraction of sp³-hybridized carbons (Fsp3) is 0.667. The summed E-state index contributed by atoms with van der Waals surface area (Å²) >= 11 is 0. The third kappa shape index (κ3) is 3.46. The lowest BCUT2D eigenvalue weighted by molar-refractivity contribution is 0.0665. The molecule has 0 aliphatic heterocycles. The predicted octanol–water partition coefficient (Wildman–Crippen LogP) is 2.56. The number of anilines is 1. The Hall–Kier alpha value is -1.65. The number of nitrogens with one attached hydrogen (secondary N) is 1. The quantitative estimate of drug-likeness (QED) is 0.918. The van der Waals surface area contributed by atoms with Gasteiger partial charge in [0.15, 0.2) is 5.69 Å². The topological polar surface area (TPSA) is 58.1 Å². The molecule has 1 aromatic heterocycles. The Labute approximate surface area is 120 Å². The van der Waals surface area contributed by atoms with Crippen molar-refractivity contribution >= 4 is 11.7 Å². The van der Waals surface area contributed by atoms with E-state index in [1.165, 1.54) is 12.8 Å². The molecule has 1 heterocycles. The number of hydrogen-bond acceptors (Lipinski definition) is 4. The zero-order valence-electron chi connectivity index (χ0n) is 12.6. The summed E-state index contributed by atoms with van der Waals surface area (Å²) in [6.45, 7) is 5.05. The first-order valence-electron chi connectivity index (χ1n) is 7.46. The van der Waals surface area contributed by atoms with Crippen LogP contribution in [0.15, 0.2) is 12.1 Å². The molecule has 1 amide bonds. The van der Waals surface area contributed by atoms with E-state index in [1.54, 1.807) is 12.1 Å². The van der Waals surface area contributed by atoms with Crippen LogP contribution in [0.4, 0.5) is 5.82 Å². The van der Waals surface area contributed by atoms with Crippen molar-refractivity contribution in [2.24, 2.45) is 5.92 Å². The van der Waals surface area contributed by atoms with E-state index >= 15 is 0 Å². The summed E-state index contributed by atoms with van der Waals surface area (Å²) in [6, 6.07) is 3.89. The third-order valence-electron chi connectivity index (χ3n) is 4.02. The van der Waals surface area contributed by atoms with E-state index in [-0.39, 0.29) is 5.91 Å². The largest absolute Gasteiger partial charge is 0.369 e. The Bertz CT molecular complexity index is 446. The number of nitrogens with zero attached hydrogens (tertiary/aromatic N) is 3. The van der Waals surface area contributed by atoms with E-state index in [0.717, 1.165) is 19.4 Å². The smallest absolute Gasteiger partial charge is 0.274 e. The predicted molar refractivity (Wildman–Crippen MR) is 79.7 cm³/mol. The second-order valence-corrected chi connectivity index (χ2v) is 5.68. The van der Waals surface area contributed by atoms with Gasteiger partial charge in [-0.05, 0) is 37.8 Å². The molecule has 0 saturated heterocycles. The fourth-order valence-electron chi connectivity index (χ4n) is 2.82. The number of aromatic nitrogens is 2. The molecule has 2 rings (SSSR count). The number of rotatable bonds is 4. The minimum atomic E-state index is -0.0281. The maximum Gasteiger partial charge on any atom is 0.274 e. The van der Waals surface area contributed by atoms with Gasteiger partial charge >= 0.3 is 0 Å². The lowest BCUT2D eigenvalue weighted by Gasteiger charge is -2.33. The van der Waals surface area contributed by atoms with Crippen molar-refractivity contribution in [3.05, 3.63) is 17.8 Å². The molecule has 0 radical (unpaired) electrons. The highest BCUT2D eigenvalue weighted by atomic mass is 16.2. The van der Waals surface area contributed by atoms with Gasteiger partial charge in [-0.25, -0.2) is 0 Å². The summed E-state index contributed by atoms with van der Waals surface area (Å²) in [7, 11) is 1.88. The zero-order chi connectivity index (χ0) is 14.5. The fourth-order valence-corrected chi connectivity index (χ4v) is 2.82. The first kappa shape index (κ1) is 14.8. The van der Waals surface area contributed by atoms with Gasteiger partial charge in [-0.3, -0.25) is 4.79 Å². The minimum Gasteiger partial charge on any atom is -0.369 e. The summed E-state index contributed by atoms with van der Waals surface area (Å²) in [5.74, 6) is 1.38. The summed E-state index contributed by atoms with van der Waals surface area (Å²) < 4.78 is 0. The van der Waals surface area contributed by atoms with Crippen molar-refractivity contribution < 1.29 is 4.79 Å². The van der Waals surface area contributed by atoms with Gasteiger partial charge < -0.3 is 10.2 Å². The summed E-state index contributed by atoms with van der Waals surface area (Å²) in [4.78, 5) is 14.3. The van der Waals surface area contributed by atoms with Crippen LogP contribution in [0.1, 0.15) is 50.0 Å². The van der Waals surface area contributed by atoms with Crippen molar-refractivity contribution in [2.75, 3.05) is 18.9 Å². The molecule has 1 saturated carbocycles. The molecule has 20 heavy (non-hydrogen) atoms. The second-order valence-electron chi connectivity index (χ2n) is 5.68. The molecule has 5 heteroatoms. The summed E-state index contributed by atoms with van der Waals surface area (Å²) in [5.41, 5.74) is 0.423. The molecule has 2 unspecified atom stereocenters. The average Bonchev–Trinajstić information content (AvgIpc) is 2.47. The van der Waals surface area contributed by atoms with Gasteiger partial charge in [-0.2, -0.15) is 0 Å². The normalized spacial score (nSPS) is 22.4. The molecule has 2 atom stereocenters. The Morgan fingerprint density at radius 3 is 2.80 bits per heavy atom. The maximum atomic E-state index is 12.4. The summed E-state index contributed by atoms with van der Waals surface area (Å²) in [6.07, 6.45) is 4.66. The van der Waals surface area contributed by atoms with Gasteiger partial charge in [-0.15, -0.1) is 10.2 Å². The molecule has 0 spiro atoms. The second kappa shape index (κ2) is 6.68. The molecule has 0 aromatic carbocycles. The number of carbonyl (C=O) groups is 1. The van der Waals surface area contributed by atoms with Crippen LogP contribution < -0.4 is 5.32 Å². The number of carbonyl (C=O) groups excluding carboxylic acids is 1. The van der Waals surface area contributed by atoms with Crippen molar-refractivity contribution in [1.82, 2.24) is 15.1 Å². The van der Waals surface area contributed by atoms with Crippen LogP contribution in [0.5, 0.6) is 0 Å². The maximum absolute atomic E-state index is 12.4. The molecule has 1 aromatic rings. The van der Waals surface area contributed by atoms with Crippen molar-refractivity contribution in [1.29, 1.82) is 0 Å². The van der Waals surface area contributed by atoms with E-state index in [9.17, 15) is 4.79 Å². The zero-order valence-corrected chi connectivity index (χ0v) is 12.6. The van der Waals surface area contributed by atoms with Crippen molar-refractivity contribution in [2.45, 2.75) is 45.6 Å². The highest BCUT2D eigenvalue weighted by Gasteiger charge is 2.26. The molecular weight excluding hydrogens is 252 g/mol. The van der Waals surface area contributed by atoms with Crippen LogP contribution >= 0.6 is 0 Å². The van der Waals surface area contributed by atoms with E-state index in [4.69, 9.17) is 0 Å². The van der Waals surface area contributed by atoms with E-state index in [2.05, 4.69) is 22.4 Å². The average molecular weight is 276 g/mol. The lowest BCUT2D eigenvalue weighted by atomic mass is 9.86. The minimum absolute atomic E-state index is 0.0281. The van der Waals surface area contributed by atoms with Crippen molar-refractivity contribution in [3.63, 3.8) is 0 Å². The van der Waals surface area contributed by atoms with Crippen LogP contribution in [0.2, 0.25) is 0 Å². The Morgan fingerprint density at radius 1 is 1.40 bits per heavy atom. The van der Waals surface area contributed by atoms with Crippen LogP contribution in [-0.2, 0) is 0 Å². The summed E-state index contributed by atoms with van der Waals surface area (Å²) in [5, 5.41) is 11.1. The third-order valence-corrected chi connectivity index (χ3v) is 4.02. The molecule has 1 aliphatic carbocycles. The number of hydrogen-bond donors (Lipinski definition) is 1. The SMILES string of the molecule is CCNc1ccc(C(=O)N(C)C2CCCC(C)C2)nn1. The van der Waals surface area contributed by atoms with Gasteiger partial charge in [0, 0.05) is 19.6 Å². The van der Waals surface area contributed by atoms with Gasteiger partial charge in [-0.1, -0.05) is 19.8 Å². The number of amides is 1. The van der Waals surface area contributed by atoms with Crippen LogP contribution in [0, 0.1) is 5.92 Å². The molecule has 0 bridgehead atoms. The van der Waals surface area contributed by atoms with Gasteiger partial charge in [0.25, 0.3) is 5.91 Å². The monoisotopic (exact) mass is 276 g/mol. The van der Waals surface area contributed by atoms with Gasteiger partial charge in [0.2, 0.25) is 0 Å². The van der Waals surface area contributed by atoms with Crippen LogP contribution in [0.25, 0.3) is 0 Å². The highest BCUT2D eigenvalue weighted by Crippen LogP contribution is 2.27. The Balaban J connectivity index is 2.02. The molecule has 1 fully saturated rings. The van der Waals surface area contributed by atoms with Gasteiger partial charge in [0.1, 0.15) is 5.82 Å². The van der Waals surface area contributed by atoms with E-state index < -0.39 is 0 Å². The highest BCUT2D eigenvalue weighted by molar-refractivity contribution is 5.92. The molecular formula is C15H24N4O. The first-order chi connectivity index (χ1) is 9.61.